The molecule has 4 rings (SSSR count). The Hall–Kier alpha value is -2.27. The quantitative estimate of drug-likeness (QED) is 0.820. The molecule has 0 aromatic heterocycles. The molecule has 3 nitrogen and oxygen atoms in total. The van der Waals surface area contributed by atoms with Gasteiger partial charge in [-0.15, -0.1) is 0 Å². The zero-order valence-electron chi connectivity index (χ0n) is 15.0. The molecule has 2 heterocycles. The second kappa shape index (κ2) is 6.47. The number of likely N-dealkylation sites (tertiary alicyclic amines) is 2. The maximum atomic E-state index is 14.0. The SMILES string of the molecule is Cc1ccccc1[C@@H]1[C@@H]2CN(C(=O)c3ccc(F)cc3F)C[C@@H]2CN1C. The molecule has 0 N–H and O–H groups in total. The van der Waals surface area contributed by atoms with E-state index in [2.05, 4.69) is 37.1 Å². The fraction of sp³-hybridized carbons (Fsp3) is 0.381. The van der Waals surface area contributed by atoms with Gasteiger partial charge in [-0.2, -0.15) is 0 Å². The van der Waals surface area contributed by atoms with Crippen LogP contribution in [0.1, 0.15) is 27.5 Å². The number of amides is 1. The van der Waals surface area contributed by atoms with Gasteiger partial charge in [-0.3, -0.25) is 9.69 Å². The van der Waals surface area contributed by atoms with Gasteiger partial charge in [0.2, 0.25) is 0 Å². The van der Waals surface area contributed by atoms with Crippen molar-refractivity contribution in [3.8, 4) is 0 Å². The second-order valence-electron chi connectivity index (χ2n) is 7.50. The van der Waals surface area contributed by atoms with E-state index in [4.69, 9.17) is 0 Å². The van der Waals surface area contributed by atoms with Gasteiger partial charge in [0.25, 0.3) is 5.91 Å². The molecule has 0 spiro atoms. The highest BCUT2D eigenvalue weighted by atomic mass is 19.1. The standard InChI is InChI=1S/C21H22F2N2O/c1-13-5-3-4-6-16(13)20-18-12-25(11-14(18)10-24(20)2)21(26)17-8-7-15(22)9-19(17)23/h3-9,14,18,20H,10-12H2,1-2H3/t14-,18+,20+/m0/s1. The summed E-state index contributed by atoms with van der Waals surface area (Å²) in [5, 5.41) is 0. The summed E-state index contributed by atoms with van der Waals surface area (Å²) < 4.78 is 27.1. The van der Waals surface area contributed by atoms with Gasteiger partial charge in [0, 0.05) is 37.7 Å². The van der Waals surface area contributed by atoms with E-state index in [1.807, 2.05) is 6.07 Å². The predicted octanol–water partition coefficient (Wildman–Crippen LogP) is 3.65. The Bertz CT molecular complexity index is 854. The van der Waals surface area contributed by atoms with Crippen LogP contribution in [0.15, 0.2) is 42.5 Å². The Labute approximate surface area is 152 Å². The van der Waals surface area contributed by atoms with Crippen LogP contribution in [0, 0.1) is 30.4 Å². The molecule has 0 aliphatic carbocycles. The summed E-state index contributed by atoms with van der Waals surface area (Å²) in [5.74, 6) is -1.10. The highest BCUT2D eigenvalue weighted by Gasteiger charge is 2.47. The highest BCUT2D eigenvalue weighted by Crippen LogP contribution is 2.45. The van der Waals surface area contributed by atoms with Crippen molar-refractivity contribution >= 4 is 5.91 Å². The molecule has 5 heteroatoms. The first-order valence-electron chi connectivity index (χ1n) is 8.96. The monoisotopic (exact) mass is 356 g/mol. The Morgan fingerprint density at radius 1 is 1.08 bits per heavy atom. The van der Waals surface area contributed by atoms with Gasteiger partial charge in [-0.05, 0) is 43.1 Å². The van der Waals surface area contributed by atoms with Crippen molar-refractivity contribution in [3.63, 3.8) is 0 Å². The summed E-state index contributed by atoms with van der Waals surface area (Å²) >= 11 is 0. The second-order valence-corrected chi connectivity index (χ2v) is 7.50. The van der Waals surface area contributed by atoms with Gasteiger partial charge in [0.05, 0.1) is 5.56 Å². The molecule has 0 bridgehead atoms. The minimum absolute atomic E-state index is 0.0489. The molecular formula is C21H22F2N2O. The Balaban J connectivity index is 1.58. The van der Waals surface area contributed by atoms with Gasteiger partial charge in [-0.25, -0.2) is 8.78 Å². The molecule has 2 aliphatic rings. The molecule has 2 aromatic rings. The number of hydrogen-bond acceptors (Lipinski definition) is 2. The lowest BCUT2D eigenvalue weighted by atomic mass is 9.88. The van der Waals surface area contributed by atoms with Gasteiger partial charge < -0.3 is 4.90 Å². The van der Waals surface area contributed by atoms with Gasteiger partial charge in [0.15, 0.2) is 0 Å². The van der Waals surface area contributed by atoms with Gasteiger partial charge >= 0.3 is 0 Å². The number of carbonyl (C=O) groups excluding carboxylic acids is 1. The lowest BCUT2D eigenvalue weighted by Gasteiger charge is -2.28. The van der Waals surface area contributed by atoms with E-state index in [0.717, 1.165) is 18.7 Å². The number of benzene rings is 2. The number of halogens is 2. The number of nitrogens with zero attached hydrogens (tertiary/aromatic N) is 2. The van der Waals surface area contributed by atoms with Crippen LogP contribution < -0.4 is 0 Å². The molecular weight excluding hydrogens is 334 g/mol. The molecule has 26 heavy (non-hydrogen) atoms. The Kier molecular flexibility index (Phi) is 4.27. The maximum Gasteiger partial charge on any atom is 0.256 e. The van der Waals surface area contributed by atoms with Gasteiger partial charge in [0.1, 0.15) is 11.6 Å². The summed E-state index contributed by atoms with van der Waals surface area (Å²) in [6, 6.07) is 11.8. The third kappa shape index (κ3) is 2.80. The maximum absolute atomic E-state index is 14.0. The van der Waals surface area contributed by atoms with E-state index in [1.165, 1.54) is 17.2 Å². The van der Waals surface area contributed by atoms with Crippen LogP contribution in [0.3, 0.4) is 0 Å². The minimum Gasteiger partial charge on any atom is -0.338 e. The summed E-state index contributed by atoms with van der Waals surface area (Å²) in [6.07, 6.45) is 0. The van der Waals surface area contributed by atoms with E-state index in [9.17, 15) is 13.6 Å². The van der Waals surface area contributed by atoms with Crippen molar-refractivity contribution in [2.24, 2.45) is 11.8 Å². The van der Waals surface area contributed by atoms with Crippen molar-refractivity contribution in [3.05, 3.63) is 70.8 Å². The first-order chi connectivity index (χ1) is 12.5. The van der Waals surface area contributed by atoms with Crippen LogP contribution >= 0.6 is 0 Å². The van der Waals surface area contributed by atoms with Crippen molar-refractivity contribution in [2.75, 3.05) is 26.7 Å². The van der Waals surface area contributed by atoms with Crippen LogP contribution in [0.5, 0.6) is 0 Å². The summed E-state index contributed by atoms with van der Waals surface area (Å²) in [6.45, 7) is 4.25. The normalized spacial score (nSPS) is 25.5. The predicted molar refractivity (Wildman–Crippen MR) is 95.8 cm³/mol. The Morgan fingerprint density at radius 3 is 2.58 bits per heavy atom. The molecule has 2 aromatic carbocycles. The van der Waals surface area contributed by atoms with E-state index < -0.39 is 11.6 Å². The fourth-order valence-corrected chi connectivity index (χ4v) is 4.64. The first-order valence-corrected chi connectivity index (χ1v) is 8.96. The number of hydrogen-bond donors (Lipinski definition) is 0. The zero-order valence-corrected chi connectivity index (χ0v) is 15.0. The molecule has 0 radical (unpaired) electrons. The molecule has 2 aliphatic heterocycles. The summed E-state index contributed by atoms with van der Waals surface area (Å²) in [7, 11) is 2.13. The third-order valence-corrected chi connectivity index (χ3v) is 5.85. The fourth-order valence-electron chi connectivity index (χ4n) is 4.64. The lowest BCUT2D eigenvalue weighted by molar-refractivity contribution is 0.0763. The van der Waals surface area contributed by atoms with E-state index >= 15 is 0 Å². The van der Waals surface area contributed by atoms with Crippen LogP contribution in [0.4, 0.5) is 8.78 Å². The lowest BCUT2D eigenvalue weighted by Crippen LogP contribution is -2.34. The molecule has 0 saturated carbocycles. The topological polar surface area (TPSA) is 23.6 Å². The van der Waals surface area contributed by atoms with E-state index in [-0.39, 0.29) is 17.5 Å². The smallest absolute Gasteiger partial charge is 0.256 e. The van der Waals surface area contributed by atoms with Crippen molar-refractivity contribution in [1.82, 2.24) is 9.80 Å². The molecule has 136 valence electrons. The Morgan fingerprint density at radius 2 is 1.85 bits per heavy atom. The van der Waals surface area contributed by atoms with E-state index in [1.54, 1.807) is 4.90 Å². The molecule has 2 fully saturated rings. The van der Waals surface area contributed by atoms with Gasteiger partial charge in [-0.1, -0.05) is 24.3 Å². The zero-order chi connectivity index (χ0) is 18.4. The minimum atomic E-state index is -0.792. The van der Waals surface area contributed by atoms with Crippen molar-refractivity contribution in [2.45, 2.75) is 13.0 Å². The summed E-state index contributed by atoms with van der Waals surface area (Å²) in [5.41, 5.74) is 2.50. The van der Waals surface area contributed by atoms with Crippen LogP contribution in [0.2, 0.25) is 0 Å². The average Bonchev–Trinajstić information content (AvgIpc) is 3.12. The van der Waals surface area contributed by atoms with E-state index in [0.29, 0.717) is 24.9 Å². The molecule has 1 amide bonds. The first kappa shape index (κ1) is 17.2. The molecule has 3 atom stereocenters. The number of carbonyl (C=O) groups is 1. The van der Waals surface area contributed by atoms with Crippen LogP contribution in [0.25, 0.3) is 0 Å². The van der Waals surface area contributed by atoms with Crippen molar-refractivity contribution in [1.29, 1.82) is 0 Å². The number of rotatable bonds is 2. The van der Waals surface area contributed by atoms with Crippen LogP contribution in [-0.2, 0) is 0 Å². The summed E-state index contributed by atoms with van der Waals surface area (Å²) in [4.78, 5) is 16.8. The molecule has 2 saturated heterocycles. The van der Waals surface area contributed by atoms with Crippen molar-refractivity contribution < 1.29 is 13.6 Å². The molecule has 0 unspecified atom stereocenters. The number of fused-ring (bicyclic) bond motifs is 1. The number of aryl methyl sites for hydroxylation is 1. The largest absolute Gasteiger partial charge is 0.338 e. The highest BCUT2D eigenvalue weighted by molar-refractivity contribution is 5.94. The van der Waals surface area contributed by atoms with Crippen LogP contribution in [-0.4, -0.2) is 42.4 Å². The third-order valence-electron chi connectivity index (χ3n) is 5.85. The average molecular weight is 356 g/mol.